The molecule has 2 N–H and O–H groups in total. The number of amides is 2. The lowest BCUT2D eigenvalue weighted by atomic mass is 9.81. The monoisotopic (exact) mass is 518 g/mol. The third-order valence-corrected chi connectivity index (χ3v) is 6.71. The van der Waals surface area contributed by atoms with E-state index >= 15 is 0 Å². The highest BCUT2D eigenvalue weighted by atomic mass is 35.5. The van der Waals surface area contributed by atoms with Gasteiger partial charge in [-0.25, -0.2) is 8.78 Å². The zero-order chi connectivity index (χ0) is 26.0. The Hall–Kier alpha value is -3.53. The van der Waals surface area contributed by atoms with Crippen molar-refractivity contribution < 1.29 is 27.6 Å². The molecule has 0 aliphatic heterocycles. The topological polar surface area (TPSA) is 111 Å². The summed E-state index contributed by atoms with van der Waals surface area (Å²) < 4.78 is 33.0. The Balaban J connectivity index is 1.53. The van der Waals surface area contributed by atoms with Crippen LogP contribution in [0, 0.1) is 25.0 Å². The average molecular weight is 519 g/mol. The molecule has 2 heterocycles. The van der Waals surface area contributed by atoms with Crippen LogP contribution in [-0.4, -0.2) is 28.9 Å². The Kier molecular flexibility index (Phi) is 7.26. The largest absolute Gasteiger partial charge is 0.618 e. The van der Waals surface area contributed by atoms with Crippen LogP contribution in [0.2, 0.25) is 5.02 Å². The highest BCUT2D eigenvalue weighted by molar-refractivity contribution is 6.30. The lowest BCUT2D eigenvalue weighted by Crippen LogP contribution is -2.50. The number of aromatic nitrogens is 2. The molecule has 2 aromatic heterocycles. The maximum absolute atomic E-state index is 13.7. The normalized spacial score (nSPS) is 16.4. The van der Waals surface area contributed by atoms with E-state index in [-0.39, 0.29) is 31.2 Å². The van der Waals surface area contributed by atoms with E-state index in [0.29, 0.717) is 32.4 Å². The molecule has 1 aliphatic carbocycles. The van der Waals surface area contributed by atoms with Crippen LogP contribution < -0.4 is 15.4 Å². The lowest BCUT2D eigenvalue weighted by molar-refractivity contribution is -0.611. The van der Waals surface area contributed by atoms with Gasteiger partial charge in [0.25, 0.3) is 5.91 Å². The Bertz CT molecular complexity index is 1270. The number of nitrogens with one attached hydrogen (secondary N) is 2. The van der Waals surface area contributed by atoms with Crippen LogP contribution in [0.25, 0.3) is 11.1 Å². The summed E-state index contributed by atoms with van der Waals surface area (Å²) in [5.41, 5.74) is 2.81. The van der Waals surface area contributed by atoms with Gasteiger partial charge in [-0.3, -0.25) is 9.59 Å². The van der Waals surface area contributed by atoms with Gasteiger partial charge >= 0.3 is 0 Å². The minimum Gasteiger partial charge on any atom is -0.618 e. The Morgan fingerprint density at radius 2 is 1.89 bits per heavy atom. The number of rotatable bonds is 6. The SMILES string of the molecule is Cc1nocc1C(=O)N[C@@H](C(=O)Nc1ccc(-c2cc(Cl)c[n+]([O-])c2C)cc1)C1CCC(F)(F)CC1. The van der Waals surface area contributed by atoms with Crippen LogP contribution in [0.5, 0.6) is 0 Å². The Labute approximate surface area is 211 Å². The van der Waals surface area contributed by atoms with Gasteiger partial charge in [-0.15, -0.1) is 0 Å². The summed E-state index contributed by atoms with van der Waals surface area (Å²) in [6.07, 6.45) is 1.93. The molecule has 1 aromatic carbocycles. The predicted molar refractivity (Wildman–Crippen MR) is 129 cm³/mol. The van der Waals surface area contributed by atoms with Crippen molar-refractivity contribution in [3.63, 3.8) is 0 Å². The molecule has 1 saturated carbocycles. The van der Waals surface area contributed by atoms with Gasteiger partial charge in [-0.05, 0) is 49.4 Å². The van der Waals surface area contributed by atoms with E-state index in [9.17, 15) is 23.6 Å². The highest BCUT2D eigenvalue weighted by Gasteiger charge is 2.40. The molecule has 3 aromatic rings. The van der Waals surface area contributed by atoms with Gasteiger partial charge in [-0.1, -0.05) is 28.9 Å². The van der Waals surface area contributed by atoms with Gasteiger partial charge in [0.15, 0.2) is 11.9 Å². The zero-order valence-corrected chi connectivity index (χ0v) is 20.4. The van der Waals surface area contributed by atoms with Crippen molar-refractivity contribution >= 4 is 29.1 Å². The minimum absolute atomic E-state index is 0.0934. The van der Waals surface area contributed by atoms with Crippen molar-refractivity contribution in [2.75, 3.05) is 5.32 Å². The van der Waals surface area contributed by atoms with Crippen molar-refractivity contribution in [1.29, 1.82) is 0 Å². The predicted octanol–water partition coefficient (Wildman–Crippen LogP) is 4.81. The molecule has 190 valence electrons. The summed E-state index contributed by atoms with van der Waals surface area (Å²) in [6.45, 7) is 3.26. The Morgan fingerprint density at radius 1 is 1.22 bits per heavy atom. The molecular formula is C25H25ClF2N4O4. The summed E-state index contributed by atoms with van der Waals surface area (Å²) in [4.78, 5) is 26.0. The zero-order valence-electron chi connectivity index (χ0n) is 19.7. The van der Waals surface area contributed by atoms with Crippen LogP contribution in [0.4, 0.5) is 14.5 Å². The van der Waals surface area contributed by atoms with Gasteiger partial charge in [0, 0.05) is 25.5 Å². The van der Waals surface area contributed by atoms with Crippen LogP contribution in [0.1, 0.15) is 47.4 Å². The van der Waals surface area contributed by atoms with Crippen molar-refractivity contribution in [1.82, 2.24) is 10.5 Å². The fourth-order valence-electron chi connectivity index (χ4n) is 4.38. The van der Waals surface area contributed by atoms with Gasteiger partial charge in [0.2, 0.25) is 11.8 Å². The van der Waals surface area contributed by atoms with Gasteiger partial charge in [-0.2, -0.15) is 4.73 Å². The smallest absolute Gasteiger partial charge is 0.257 e. The first-order chi connectivity index (χ1) is 17.0. The summed E-state index contributed by atoms with van der Waals surface area (Å²) >= 11 is 6.02. The second-order valence-electron chi connectivity index (χ2n) is 9.01. The molecule has 2 amide bonds. The van der Waals surface area contributed by atoms with E-state index in [1.807, 2.05) is 0 Å². The number of hydrogen-bond donors (Lipinski definition) is 2. The van der Waals surface area contributed by atoms with Crippen molar-refractivity contribution in [3.05, 3.63) is 70.0 Å². The summed E-state index contributed by atoms with van der Waals surface area (Å²) in [5, 5.41) is 21.4. The standard InChI is InChI=1S/C25H25ClF2N4O4/c1-14-21(13-36-31-14)23(33)30-22(17-7-9-25(27,28)10-8-17)24(34)29-19-5-3-16(4-6-19)20-11-18(26)12-32(35)15(20)2/h3-6,11-13,17,22H,7-10H2,1-2H3,(H,29,34)(H,30,33)/t22-/m1/s1. The number of carbonyl (C=O) groups is 2. The molecule has 36 heavy (non-hydrogen) atoms. The van der Waals surface area contributed by atoms with Crippen molar-refractivity contribution in [2.24, 2.45) is 5.92 Å². The second-order valence-corrected chi connectivity index (χ2v) is 9.44. The number of nitrogens with zero attached hydrogens (tertiary/aromatic N) is 2. The molecule has 0 spiro atoms. The number of hydrogen-bond acceptors (Lipinski definition) is 5. The summed E-state index contributed by atoms with van der Waals surface area (Å²) in [5.74, 6) is -4.32. The molecule has 8 nitrogen and oxygen atoms in total. The van der Waals surface area contributed by atoms with Crippen LogP contribution >= 0.6 is 11.6 Å². The molecule has 1 fully saturated rings. The lowest BCUT2D eigenvalue weighted by Gasteiger charge is -2.33. The number of benzene rings is 1. The number of aryl methyl sites for hydroxylation is 1. The van der Waals surface area contributed by atoms with Crippen LogP contribution in [0.15, 0.2) is 47.3 Å². The van der Waals surface area contributed by atoms with Gasteiger partial charge < -0.3 is 20.4 Å². The molecular weight excluding hydrogens is 494 g/mol. The van der Waals surface area contributed by atoms with E-state index in [2.05, 4.69) is 15.8 Å². The number of halogens is 3. The van der Waals surface area contributed by atoms with E-state index in [4.69, 9.17) is 16.1 Å². The third kappa shape index (κ3) is 5.64. The molecule has 0 radical (unpaired) electrons. The number of alkyl halides is 2. The molecule has 11 heteroatoms. The molecule has 4 rings (SSSR count). The first-order valence-corrected chi connectivity index (χ1v) is 11.8. The maximum atomic E-state index is 13.7. The van der Waals surface area contributed by atoms with Gasteiger partial charge in [0.1, 0.15) is 22.9 Å². The maximum Gasteiger partial charge on any atom is 0.257 e. The first kappa shape index (κ1) is 25.6. The minimum atomic E-state index is -2.77. The van der Waals surface area contributed by atoms with Crippen LogP contribution in [-0.2, 0) is 4.79 Å². The first-order valence-electron chi connectivity index (χ1n) is 11.4. The molecule has 0 bridgehead atoms. The number of carbonyl (C=O) groups excluding carboxylic acids is 2. The van der Waals surface area contributed by atoms with Gasteiger partial charge in [0.05, 0.1) is 11.3 Å². The summed E-state index contributed by atoms with van der Waals surface area (Å²) in [7, 11) is 0. The molecule has 1 atom stereocenters. The van der Waals surface area contributed by atoms with Crippen molar-refractivity contribution in [3.8, 4) is 11.1 Å². The van der Waals surface area contributed by atoms with Crippen molar-refractivity contribution in [2.45, 2.75) is 51.5 Å². The van der Waals surface area contributed by atoms with E-state index < -0.39 is 29.7 Å². The molecule has 1 aliphatic rings. The molecule has 0 unspecified atom stereocenters. The Morgan fingerprint density at radius 3 is 2.50 bits per heavy atom. The fourth-order valence-corrected chi connectivity index (χ4v) is 4.57. The number of pyridine rings is 1. The van der Waals surface area contributed by atoms with E-state index in [1.54, 1.807) is 44.2 Å². The quantitative estimate of drug-likeness (QED) is 0.359. The summed E-state index contributed by atoms with van der Waals surface area (Å²) in [6, 6.07) is 7.40. The fraction of sp³-hybridized carbons (Fsp3) is 0.360. The van der Waals surface area contributed by atoms with Crippen LogP contribution in [0.3, 0.4) is 0 Å². The van der Waals surface area contributed by atoms with E-state index in [1.165, 1.54) is 12.5 Å². The third-order valence-electron chi connectivity index (χ3n) is 6.50. The average Bonchev–Trinajstić information content (AvgIpc) is 3.26. The second kappa shape index (κ2) is 10.2. The highest BCUT2D eigenvalue weighted by Crippen LogP contribution is 2.38. The molecule has 0 saturated heterocycles. The number of anilines is 1. The van der Waals surface area contributed by atoms with E-state index in [0.717, 1.165) is 5.56 Å².